The van der Waals surface area contributed by atoms with Crippen LogP contribution in [-0.2, 0) is 6.54 Å². The number of hydrogen-bond acceptors (Lipinski definition) is 5. The monoisotopic (exact) mass is 327 g/mol. The third kappa shape index (κ3) is 2.55. The van der Waals surface area contributed by atoms with E-state index in [1.54, 1.807) is 24.9 Å². The van der Waals surface area contributed by atoms with Crippen LogP contribution in [0.25, 0.3) is 10.9 Å². The van der Waals surface area contributed by atoms with Crippen LogP contribution in [0.3, 0.4) is 0 Å². The van der Waals surface area contributed by atoms with E-state index in [4.69, 9.17) is 4.74 Å². The number of nitrogens with zero attached hydrogens (tertiary/aromatic N) is 5. The van der Waals surface area contributed by atoms with E-state index in [9.17, 15) is 4.39 Å². The maximum atomic E-state index is 14.0. The summed E-state index contributed by atoms with van der Waals surface area (Å²) in [6.07, 6.45) is 7.21. The van der Waals surface area contributed by atoms with E-state index < -0.39 is 5.82 Å². The number of benzene rings is 1. The number of hydrogen-bond donors (Lipinski definition) is 0. The molecule has 1 atom stereocenters. The second-order valence-corrected chi connectivity index (χ2v) is 5.94. The second-order valence-electron chi connectivity index (χ2n) is 5.94. The maximum absolute atomic E-state index is 14.0. The number of rotatable bonds is 4. The molecule has 1 aliphatic heterocycles. The van der Waals surface area contributed by atoms with Gasteiger partial charge in [-0.3, -0.25) is 9.67 Å². The lowest BCUT2D eigenvalue weighted by Crippen LogP contribution is -2.33. The van der Waals surface area contributed by atoms with Crippen LogP contribution in [0.1, 0.15) is 12.8 Å². The third-order valence-corrected chi connectivity index (χ3v) is 4.54. The largest absolute Gasteiger partial charge is 0.494 e. The quantitative estimate of drug-likeness (QED) is 0.737. The van der Waals surface area contributed by atoms with Gasteiger partial charge < -0.3 is 9.64 Å². The van der Waals surface area contributed by atoms with Crippen LogP contribution in [0.5, 0.6) is 5.75 Å². The van der Waals surface area contributed by atoms with E-state index in [0.29, 0.717) is 11.6 Å². The molecule has 1 fully saturated rings. The molecular formula is C17H18FN5O. The first-order valence-electron chi connectivity index (χ1n) is 7.97. The van der Waals surface area contributed by atoms with E-state index >= 15 is 0 Å². The predicted octanol–water partition coefficient (Wildman–Crippen LogP) is 2.64. The molecule has 4 rings (SSSR count). The Kier molecular flexibility index (Phi) is 3.76. The van der Waals surface area contributed by atoms with Crippen molar-refractivity contribution < 1.29 is 9.13 Å². The van der Waals surface area contributed by atoms with Crippen LogP contribution in [0, 0.1) is 5.82 Å². The van der Waals surface area contributed by atoms with E-state index in [1.165, 1.54) is 13.2 Å². The molecule has 0 saturated carbocycles. The molecule has 124 valence electrons. The number of aromatic nitrogens is 4. The van der Waals surface area contributed by atoms with Crippen LogP contribution in [-0.4, -0.2) is 39.4 Å². The highest BCUT2D eigenvalue weighted by Crippen LogP contribution is 2.34. The Hall–Kier alpha value is -2.70. The SMILES string of the molecule is COc1cc2c(N3CCCC3Cn3cncn3)ccnc2cc1F. The zero-order chi connectivity index (χ0) is 16.5. The van der Waals surface area contributed by atoms with Crippen LogP contribution in [0.15, 0.2) is 37.1 Å². The zero-order valence-electron chi connectivity index (χ0n) is 13.4. The van der Waals surface area contributed by atoms with Gasteiger partial charge in [0.05, 0.1) is 19.2 Å². The molecule has 6 nitrogen and oxygen atoms in total. The minimum absolute atomic E-state index is 0.240. The lowest BCUT2D eigenvalue weighted by atomic mass is 10.1. The first kappa shape index (κ1) is 14.9. The minimum atomic E-state index is -0.393. The number of fused-ring (bicyclic) bond motifs is 1. The van der Waals surface area contributed by atoms with Crippen molar-refractivity contribution in [3.8, 4) is 5.75 Å². The van der Waals surface area contributed by atoms with Gasteiger partial charge in [0.25, 0.3) is 0 Å². The minimum Gasteiger partial charge on any atom is -0.494 e. The molecule has 0 aliphatic carbocycles. The van der Waals surface area contributed by atoms with Gasteiger partial charge in [-0.25, -0.2) is 9.37 Å². The summed E-state index contributed by atoms with van der Waals surface area (Å²) in [5.41, 5.74) is 1.69. The lowest BCUT2D eigenvalue weighted by molar-refractivity contribution is 0.387. The first-order chi connectivity index (χ1) is 11.8. The molecular weight excluding hydrogens is 309 g/mol. The fourth-order valence-corrected chi connectivity index (χ4v) is 3.43. The van der Waals surface area contributed by atoms with Crippen molar-refractivity contribution in [3.05, 3.63) is 42.9 Å². The van der Waals surface area contributed by atoms with Gasteiger partial charge in [0.1, 0.15) is 12.7 Å². The molecule has 0 spiro atoms. The second kappa shape index (κ2) is 6.07. The van der Waals surface area contributed by atoms with Crippen molar-refractivity contribution in [2.75, 3.05) is 18.6 Å². The molecule has 1 saturated heterocycles. The Morgan fingerprint density at radius 1 is 1.38 bits per heavy atom. The van der Waals surface area contributed by atoms with Crippen LogP contribution < -0.4 is 9.64 Å². The number of ether oxygens (including phenoxy) is 1. The number of halogens is 1. The summed E-state index contributed by atoms with van der Waals surface area (Å²) < 4.78 is 21.0. The highest BCUT2D eigenvalue weighted by Gasteiger charge is 2.27. The molecule has 1 aliphatic rings. The van der Waals surface area contributed by atoms with Gasteiger partial charge in [0.2, 0.25) is 0 Å². The van der Waals surface area contributed by atoms with E-state index in [1.807, 2.05) is 10.7 Å². The van der Waals surface area contributed by atoms with Crippen LogP contribution in [0.2, 0.25) is 0 Å². The van der Waals surface area contributed by atoms with Gasteiger partial charge in [-0.05, 0) is 25.0 Å². The van der Waals surface area contributed by atoms with E-state index in [0.717, 1.165) is 37.0 Å². The third-order valence-electron chi connectivity index (χ3n) is 4.54. The number of anilines is 1. The Balaban J connectivity index is 1.74. The summed E-state index contributed by atoms with van der Waals surface area (Å²) in [7, 11) is 1.48. The highest BCUT2D eigenvalue weighted by molar-refractivity contribution is 5.93. The summed E-state index contributed by atoms with van der Waals surface area (Å²) >= 11 is 0. The maximum Gasteiger partial charge on any atom is 0.167 e. The smallest absolute Gasteiger partial charge is 0.167 e. The van der Waals surface area contributed by atoms with Crippen molar-refractivity contribution in [2.24, 2.45) is 0 Å². The molecule has 24 heavy (non-hydrogen) atoms. The molecule has 3 heterocycles. The molecule has 0 N–H and O–H groups in total. The molecule has 3 aromatic rings. The topological polar surface area (TPSA) is 56.1 Å². The Bertz CT molecular complexity index is 852. The molecule has 0 amide bonds. The van der Waals surface area contributed by atoms with Gasteiger partial charge in [-0.15, -0.1) is 0 Å². The van der Waals surface area contributed by atoms with Crippen LogP contribution in [0.4, 0.5) is 10.1 Å². The van der Waals surface area contributed by atoms with Crippen molar-refractivity contribution in [1.29, 1.82) is 0 Å². The van der Waals surface area contributed by atoms with Gasteiger partial charge in [-0.1, -0.05) is 0 Å². The van der Waals surface area contributed by atoms with E-state index in [2.05, 4.69) is 20.0 Å². The van der Waals surface area contributed by atoms with Crippen molar-refractivity contribution in [1.82, 2.24) is 19.7 Å². The Morgan fingerprint density at radius 2 is 2.29 bits per heavy atom. The standard InChI is InChI=1S/C17H18FN5O/c1-24-17-7-13-15(8-14(17)18)20-5-4-16(13)23-6-2-3-12(23)9-22-11-19-10-21-22/h4-5,7-8,10-12H,2-3,6,9H2,1H3. The normalized spacial score (nSPS) is 17.6. The van der Waals surface area contributed by atoms with Gasteiger partial charge in [0.15, 0.2) is 11.6 Å². The average molecular weight is 327 g/mol. The lowest BCUT2D eigenvalue weighted by Gasteiger charge is -2.28. The first-order valence-corrected chi connectivity index (χ1v) is 7.97. The average Bonchev–Trinajstić information content (AvgIpc) is 3.26. The summed E-state index contributed by atoms with van der Waals surface area (Å²) in [6.45, 7) is 1.74. The highest BCUT2D eigenvalue weighted by atomic mass is 19.1. The summed E-state index contributed by atoms with van der Waals surface area (Å²) in [6, 6.07) is 5.48. The fourth-order valence-electron chi connectivity index (χ4n) is 3.43. The summed E-state index contributed by atoms with van der Waals surface area (Å²) in [5.74, 6) is -0.154. The van der Waals surface area contributed by atoms with Crippen LogP contribution >= 0.6 is 0 Å². The predicted molar refractivity (Wildman–Crippen MR) is 88.6 cm³/mol. The van der Waals surface area contributed by atoms with Crippen molar-refractivity contribution in [2.45, 2.75) is 25.4 Å². The molecule has 2 aromatic heterocycles. The summed E-state index contributed by atoms with van der Waals surface area (Å²) in [4.78, 5) is 10.7. The Morgan fingerprint density at radius 3 is 3.08 bits per heavy atom. The van der Waals surface area contributed by atoms with Gasteiger partial charge in [-0.2, -0.15) is 5.10 Å². The molecule has 1 aromatic carbocycles. The molecule has 0 radical (unpaired) electrons. The molecule has 1 unspecified atom stereocenters. The van der Waals surface area contributed by atoms with E-state index in [-0.39, 0.29) is 5.75 Å². The van der Waals surface area contributed by atoms with Crippen molar-refractivity contribution >= 4 is 16.6 Å². The molecule has 0 bridgehead atoms. The zero-order valence-corrected chi connectivity index (χ0v) is 13.4. The molecule has 7 heteroatoms. The number of pyridine rings is 1. The van der Waals surface area contributed by atoms with Crippen molar-refractivity contribution in [3.63, 3.8) is 0 Å². The Labute approximate surface area is 138 Å². The fraction of sp³-hybridized carbons (Fsp3) is 0.353. The van der Waals surface area contributed by atoms with Gasteiger partial charge >= 0.3 is 0 Å². The summed E-state index contributed by atoms with van der Waals surface area (Å²) in [5, 5.41) is 5.11. The van der Waals surface area contributed by atoms with Gasteiger partial charge in [0, 0.05) is 35.9 Å². The number of methoxy groups -OCH3 is 1.